The number of hydrogen-bond donors (Lipinski definition) is 2. The molecule has 2 rings (SSSR count). The molecule has 20 heavy (non-hydrogen) atoms. The highest BCUT2D eigenvalue weighted by molar-refractivity contribution is 5.75. The summed E-state index contributed by atoms with van der Waals surface area (Å²) < 4.78 is 5.48. The van der Waals surface area contributed by atoms with E-state index in [1.807, 2.05) is 30.3 Å². The molecule has 2 atom stereocenters. The van der Waals surface area contributed by atoms with Gasteiger partial charge in [0.15, 0.2) is 0 Å². The summed E-state index contributed by atoms with van der Waals surface area (Å²) in [5.74, 6) is -0.00684. The SMILES string of the molecule is O=C(CCC1CCCO1)NCC(O)Cc1ccccc1. The van der Waals surface area contributed by atoms with Crippen molar-refractivity contribution in [3.63, 3.8) is 0 Å². The molecule has 0 saturated carbocycles. The summed E-state index contributed by atoms with van der Waals surface area (Å²) in [6, 6.07) is 9.79. The highest BCUT2D eigenvalue weighted by Gasteiger charge is 2.16. The highest BCUT2D eigenvalue weighted by Crippen LogP contribution is 2.16. The number of carbonyl (C=O) groups excluding carboxylic acids is 1. The van der Waals surface area contributed by atoms with E-state index in [2.05, 4.69) is 5.32 Å². The van der Waals surface area contributed by atoms with Crippen molar-refractivity contribution in [2.75, 3.05) is 13.2 Å². The molecule has 2 N–H and O–H groups in total. The monoisotopic (exact) mass is 277 g/mol. The minimum Gasteiger partial charge on any atom is -0.391 e. The molecule has 1 aromatic rings. The van der Waals surface area contributed by atoms with Crippen molar-refractivity contribution in [1.29, 1.82) is 0 Å². The predicted octanol–water partition coefficient (Wildman–Crippen LogP) is 1.67. The number of aliphatic hydroxyl groups is 1. The van der Waals surface area contributed by atoms with Gasteiger partial charge in [0.25, 0.3) is 0 Å². The van der Waals surface area contributed by atoms with Gasteiger partial charge < -0.3 is 15.2 Å². The second-order valence-corrected chi connectivity index (χ2v) is 5.32. The Kier molecular flexibility index (Phi) is 6.02. The van der Waals surface area contributed by atoms with E-state index in [0.29, 0.717) is 19.4 Å². The normalized spacial score (nSPS) is 19.8. The van der Waals surface area contributed by atoms with Gasteiger partial charge in [0.1, 0.15) is 0 Å². The van der Waals surface area contributed by atoms with Crippen LogP contribution in [0.1, 0.15) is 31.2 Å². The molecule has 0 spiro atoms. The molecular weight excluding hydrogens is 254 g/mol. The minimum atomic E-state index is -0.538. The van der Waals surface area contributed by atoms with E-state index in [-0.39, 0.29) is 12.0 Å². The van der Waals surface area contributed by atoms with Crippen molar-refractivity contribution in [1.82, 2.24) is 5.32 Å². The highest BCUT2D eigenvalue weighted by atomic mass is 16.5. The summed E-state index contributed by atoms with van der Waals surface area (Å²) in [7, 11) is 0. The average molecular weight is 277 g/mol. The molecule has 0 bridgehead atoms. The van der Waals surface area contributed by atoms with Crippen LogP contribution < -0.4 is 5.32 Å². The van der Waals surface area contributed by atoms with Gasteiger partial charge in [-0.2, -0.15) is 0 Å². The Morgan fingerprint density at radius 1 is 1.40 bits per heavy atom. The van der Waals surface area contributed by atoms with Crippen LogP contribution in [0.25, 0.3) is 0 Å². The standard InChI is InChI=1S/C16H23NO3/c18-14(11-13-5-2-1-3-6-13)12-17-16(19)9-8-15-7-4-10-20-15/h1-3,5-6,14-15,18H,4,7-12H2,(H,17,19). The van der Waals surface area contributed by atoms with E-state index >= 15 is 0 Å². The fourth-order valence-corrected chi connectivity index (χ4v) is 2.44. The van der Waals surface area contributed by atoms with Gasteiger partial charge >= 0.3 is 0 Å². The van der Waals surface area contributed by atoms with E-state index in [9.17, 15) is 9.90 Å². The summed E-state index contributed by atoms with van der Waals surface area (Å²) in [6.07, 6.45) is 3.68. The summed E-state index contributed by atoms with van der Waals surface area (Å²) in [6.45, 7) is 1.13. The van der Waals surface area contributed by atoms with Gasteiger partial charge in [0, 0.05) is 26.0 Å². The Balaban J connectivity index is 1.60. The second-order valence-electron chi connectivity index (χ2n) is 5.32. The Bertz CT molecular complexity index is 401. The predicted molar refractivity (Wildman–Crippen MR) is 77.4 cm³/mol. The van der Waals surface area contributed by atoms with Crippen LogP contribution in [-0.4, -0.2) is 36.4 Å². The van der Waals surface area contributed by atoms with Crippen molar-refractivity contribution in [3.8, 4) is 0 Å². The topological polar surface area (TPSA) is 58.6 Å². The number of carbonyl (C=O) groups is 1. The summed E-state index contributed by atoms with van der Waals surface area (Å²) in [5.41, 5.74) is 1.08. The lowest BCUT2D eigenvalue weighted by atomic mass is 10.1. The molecule has 1 heterocycles. The molecule has 1 amide bonds. The van der Waals surface area contributed by atoms with Gasteiger partial charge in [0.2, 0.25) is 5.91 Å². The van der Waals surface area contributed by atoms with Crippen LogP contribution in [0.5, 0.6) is 0 Å². The zero-order chi connectivity index (χ0) is 14.2. The fraction of sp³-hybridized carbons (Fsp3) is 0.562. The van der Waals surface area contributed by atoms with Crippen molar-refractivity contribution in [2.24, 2.45) is 0 Å². The molecule has 1 saturated heterocycles. The first-order valence-electron chi connectivity index (χ1n) is 7.34. The van der Waals surface area contributed by atoms with Crippen LogP contribution >= 0.6 is 0 Å². The van der Waals surface area contributed by atoms with Crippen LogP contribution in [0.3, 0.4) is 0 Å². The molecule has 1 aliphatic rings. The van der Waals surface area contributed by atoms with Crippen LogP contribution in [0.4, 0.5) is 0 Å². The van der Waals surface area contributed by atoms with Gasteiger partial charge in [-0.25, -0.2) is 0 Å². The number of rotatable bonds is 7. The molecule has 0 aliphatic carbocycles. The number of aliphatic hydroxyl groups excluding tert-OH is 1. The quantitative estimate of drug-likeness (QED) is 0.797. The maximum absolute atomic E-state index is 11.7. The second kappa shape index (κ2) is 8.02. The zero-order valence-corrected chi connectivity index (χ0v) is 11.8. The van der Waals surface area contributed by atoms with Gasteiger partial charge in [-0.3, -0.25) is 4.79 Å². The number of amides is 1. The number of benzene rings is 1. The van der Waals surface area contributed by atoms with Crippen molar-refractivity contribution >= 4 is 5.91 Å². The van der Waals surface area contributed by atoms with E-state index in [0.717, 1.165) is 31.4 Å². The van der Waals surface area contributed by atoms with E-state index in [4.69, 9.17) is 4.74 Å². The fourth-order valence-electron chi connectivity index (χ4n) is 2.44. The lowest BCUT2D eigenvalue weighted by molar-refractivity contribution is -0.122. The minimum absolute atomic E-state index is 0.00684. The number of hydrogen-bond acceptors (Lipinski definition) is 3. The third kappa shape index (κ3) is 5.31. The van der Waals surface area contributed by atoms with Crippen molar-refractivity contribution in [2.45, 2.75) is 44.3 Å². The van der Waals surface area contributed by atoms with Crippen LogP contribution in [0.15, 0.2) is 30.3 Å². The molecule has 1 aliphatic heterocycles. The molecular formula is C16H23NO3. The Morgan fingerprint density at radius 3 is 2.90 bits per heavy atom. The maximum Gasteiger partial charge on any atom is 0.220 e. The average Bonchev–Trinajstić information content (AvgIpc) is 2.97. The summed E-state index contributed by atoms with van der Waals surface area (Å²) in [4.78, 5) is 11.7. The van der Waals surface area contributed by atoms with Gasteiger partial charge in [-0.15, -0.1) is 0 Å². The molecule has 110 valence electrons. The Labute approximate surface area is 120 Å². The molecule has 0 aromatic heterocycles. The maximum atomic E-state index is 11.7. The van der Waals surface area contributed by atoms with Gasteiger partial charge in [0.05, 0.1) is 12.2 Å². The third-order valence-corrected chi connectivity index (χ3v) is 3.57. The largest absolute Gasteiger partial charge is 0.391 e. The zero-order valence-electron chi connectivity index (χ0n) is 11.8. The smallest absolute Gasteiger partial charge is 0.220 e. The van der Waals surface area contributed by atoms with Crippen LogP contribution in [-0.2, 0) is 16.0 Å². The van der Waals surface area contributed by atoms with Crippen LogP contribution in [0, 0.1) is 0 Å². The Hall–Kier alpha value is -1.39. The molecule has 1 aromatic carbocycles. The van der Waals surface area contributed by atoms with Crippen molar-refractivity contribution < 1.29 is 14.6 Å². The summed E-state index contributed by atoms with van der Waals surface area (Å²) >= 11 is 0. The lowest BCUT2D eigenvalue weighted by Crippen LogP contribution is -2.33. The first-order chi connectivity index (χ1) is 9.74. The van der Waals surface area contributed by atoms with E-state index < -0.39 is 6.10 Å². The molecule has 1 fully saturated rings. The van der Waals surface area contributed by atoms with E-state index in [1.165, 1.54) is 0 Å². The summed E-state index contributed by atoms with van der Waals surface area (Å²) in [5, 5.41) is 12.7. The molecule has 4 nitrogen and oxygen atoms in total. The molecule has 2 unspecified atom stereocenters. The molecule has 0 radical (unpaired) electrons. The lowest BCUT2D eigenvalue weighted by Gasteiger charge is -2.13. The third-order valence-electron chi connectivity index (χ3n) is 3.57. The van der Waals surface area contributed by atoms with Crippen molar-refractivity contribution in [3.05, 3.63) is 35.9 Å². The first kappa shape index (κ1) is 15.0. The number of nitrogens with one attached hydrogen (secondary N) is 1. The molecule has 4 heteroatoms. The van der Waals surface area contributed by atoms with E-state index in [1.54, 1.807) is 0 Å². The van der Waals surface area contributed by atoms with Gasteiger partial charge in [-0.05, 0) is 24.8 Å². The Morgan fingerprint density at radius 2 is 2.20 bits per heavy atom. The number of ether oxygens (including phenoxy) is 1. The van der Waals surface area contributed by atoms with Gasteiger partial charge in [-0.1, -0.05) is 30.3 Å². The first-order valence-corrected chi connectivity index (χ1v) is 7.34. The van der Waals surface area contributed by atoms with Crippen LogP contribution in [0.2, 0.25) is 0 Å².